The summed E-state index contributed by atoms with van der Waals surface area (Å²) in [4.78, 5) is 8.85. The van der Waals surface area contributed by atoms with Crippen molar-refractivity contribution in [2.45, 2.75) is 6.42 Å². The Morgan fingerprint density at radius 2 is 1.83 bits per heavy atom. The summed E-state index contributed by atoms with van der Waals surface area (Å²) in [5.74, 6) is 2.04. The molecule has 7 heteroatoms. The first-order chi connectivity index (χ1) is 14.7. The summed E-state index contributed by atoms with van der Waals surface area (Å²) in [6, 6.07) is 17.4. The van der Waals surface area contributed by atoms with E-state index in [1.54, 1.807) is 14.2 Å². The van der Waals surface area contributed by atoms with Gasteiger partial charge in [0.25, 0.3) is 0 Å². The van der Waals surface area contributed by atoms with Crippen molar-refractivity contribution < 1.29 is 9.47 Å². The van der Waals surface area contributed by atoms with Crippen LogP contribution in [0.1, 0.15) is 11.3 Å². The Morgan fingerprint density at radius 1 is 1.07 bits per heavy atom. The highest BCUT2D eigenvalue weighted by atomic mass is 16.5. The van der Waals surface area contributed by atoms with Crippen molar-refractivity contribution >= 4 is 17.2 Å². The minimum atomic E-state index is 0.522. The molecule has 2 N–H and O–H groups in total. The van der Waals surface area contributed by atoms with Crippen molar-refractivity contribution in [3.8, 4) is 28.9 Å². The minimum absolute atomic E-state index is 0.522. The first-order valence-corrected chi connectivity index (χ1v) is 9.52. The van der Waals surface area contributed by atoms with Gasteiger partial charge in [-0.3, -0.25) is 4.98 Å². The molecule has 0 unspecified atom stereocenters. The largest absolute Gasteiger partial charge is 0.497 e. The van der Waals surface area contributed by atoms with Crippen LogP contribution in [-0.4, -0.2) is 31.6 Å². The Hall–Kier alpha value is -4.05. The quantitative estimate of drug-likeness (QED) is 0.633. The van der Waals surface area contributed by atoms with E-state index in [0.717, 1.165) is 51.8 Å². The van der Waals surface area contributed by atoms with Crippen LogP contribution in [0.5, 0.6) is 11.5 Å². The number of hydrogen-bond donors (Lipinski definition) is 2. The van der Waals surface area contributed by atoms with E-state index < -0.39 is 0 Å². The number of methoxy groups -OCH3 is 2. The molecule has 0 aliphatic carbocycles. The number of amidine groups is 1. The SMILES string of the molecule is COc1cccc(Nc2cc(-c3cccc(OC)c3)nc3c2/C(=N/C#N)NCC3)c1. The molecule has 2 heterocycles. The summed E-state index contributed by atoms with van der Waals surface area (Å²) < 4.78 is 10.7. The molecule has 3 aromatic rings. The van der Waals surface area contributed by atoms with Crippen molar-refractivity contribution in [3.63, 3.8) is 0 Å². The fraction of sp³-hybridized carbons (Fsp3) is 0.174. The number of aliphatic imine (C=N–C) groups is 1. The molecule has 0 fully saturated rings. The van der Waals surface area contributed by atoms with Crippen LogP contribution in [0, 0.1) is 11.5 Å². The van der Waals surface area contributed by atoms with Gasteiger partial charge < -0.3 is 20.1 Å². The topological polar surface area (TPSA) is 91.6 Å². The first-order valence-electron chi connectivity index (χ1n) is 9.52. The molecule has 1 aromatic heterocycles. The van der Waals surface area contributed by atoms with E-state index in [1.807, 2.05) is 60.8 Å². The Labute approximate surface area is 175 Å². The van der Waals surface area contributed by atoms with Gasteiger partial charge in [-0.05, 0) is 30.3 Å². The Bertz CT molecular complexity index is 1150. The van der Waals surface area contributed by atoms with Crippen molar-refractivity contribution in [1.82, 2.24) is 10.3 Å². The number of benzene rings is 2. The second-order valence-corrected chi connectivity index (χ2v) is 6.70. The van der Waals surface area contributed by atoms with E-state index in [-0.39, 0.29) is 0 Å². The number of pyridine rings is 1. The zero-order valence-corrected chi connectivity index (χ0v) is 16.8. The molecule has 0 saturated carbocycles. The lowest BCUT2D eigenvalue weighted by Gasteiger charge is -2.23. The summed E-state index contributed by atoms with van der Waals surface area (Å²) in [7, 11) is 3.28. The summed E-state index contributed by atoms with van der Waals surface area (Å²) in [5.41, 5.74) is 5.12. The molecule has 0 saturated heterocycles. The van der Waals surface area contributed by atoms with Crippen LogP contribution in [0.4, 0.5) is 11.4 Å². The number of ether oxygens (including phenoxy) is 2. The zero-order chi connectivity index (χ0) is 20.9. The summed E-state index contributed by atoms with van der Waals surface area (Å²) in [5, 5.41) is 15.8. The van der Waals surface area contributed by atoms with E-state index in [4.69, 9.17) is 19.7 Å². The molecule has 0 spiro atoms. The Kier molecular flexibility index (Phi) is 5.48. The lowest BCUT2D eigenvalue weighted by Crippen LogP contribution is -2.34. The zero-order valence-electron chi connectivity index (χ0n) is 16.8. The standard InChI is InChI=1S/C23H21N5O2/c1-29-17-7-3-5-15(11-17)20-13-21(27-16-6-4-8-18(12-16)30-2)22-19(28-20)9-10-25-23(22)26-14-24/h3-8,11-13H,9-10H2,1-2H3,(H,25,26)(H,27,28). The van der Waals surface area contributed by atoms with Gasteiger partial charge >= 0.3 is 0 Å². The van der Waals surface area contributed by atoms with Gasteiger partial charge in [-0.1, -0.05) is 18.2 Å². The van der Waals surface area contributed by atoms with Crippen LogP contribution in [0.25, 0.3) is 11.3 Å². The summed E-state index contributed by atoms with van der Waals surface area (Å²) >= 11 is 0. The lowest BCUT2D eigenvalue weighted by atomic mass is 10.0. The summed E-state index contributed by atoms with van der Waals surface area (Å²) in [6.07, 6.45) is 2.61. The first kappa shape index (κ1) is 19.3. The average molecular weight is 399 g/mol. The Balaban J connectivity index is 1.86. The second-order valence-electron chi connectivity index (χ2n) is 6.70. The molecule has 0 bridgehead atoms. The number of aromatic nitrogens is 1. The van der Waals surface area contributed by atoms with Gasteiger partial charge in [-0.15, -0.1) is 0 Å². The van der Waals surface area contributed by atoms with Crippen molar-refractivity contribution in [1.29, 1.82) is 5.26 Å². The number of rotatable bonds is 5. The summed E-state index contributed by atoms with van der Waals surface area (Å²) in [6.45, 7) is 0.667. The minimum Gasteiger partial charge on any atom is -0.497 e. The predicted molar refractivity (Wildman–Crippen MR) is 116 cm³/mol. The van der Waals surface area contributed by atoms with Crippen LogP contribution in [0.15, 0.2) is 59.6 Å². The molecule has 0 radical (unpaired) electrons. The predicted octanol–water partition coefficient (Wildman–Crippen LogP) is 3.88. The third-order valence-electron chi connectivity index (χ3n) is 4.86. The van der Waals surface area contributed by atoms with Gasteiger partial charge in [0.2, 0.25) is 6.19 Å². The van der Waals surface area contributed by atoms with E-state index in [0.29, 0.717) is 12.4 Å². The van der Waals surface area contributed by atoms with E-state index in [9.17, 15) is 0 Å². The Morgan fingerprint density at radius 3 is 2.60 bits per heavy atom. The molecule has 4 rings (SSSR count). The van der Waals surface area contributed by atoms with Crippen LogP contribution >= 0.6 is 0 Å². The molecular weight excluding hydrogens is 378 g/mol. The molecule has 150 valence electrons. The third-order valence-corrected chi connectivity index (χ3v) is 4.86. The number of anilines is 2. The molecule has 1 aliphatic rings. The maximum Gasteiger partial charge on any atom is 0.207 e. The van der Waals surface area contributed by atoms with Crippen LogP contribution in [-0.2, 0) is 6.42 Å². The van der Waals surface area contributed by atoms with E-state index in [1.165, 1.54) is 0 Å². The number of nitrogens with one attached hydrogen (secondary N) is 2. The number of fused-ring (bicyclic) bond motifs is 1. The highest BCUT2D eigenvalue weighted by Gasteiger charge is 2.22. The van der Waals surface area contributed by atoms with Crippen molar-refractivity contribution in [2.75, 3.05) is 26.1 Å². The number of nitrogens with zero attached hydrogens (tertiary/aromatic N) is 3. The van der Waals surface area contributed by atoms with Crippen molar-refractivity contribution in [2.24, 2.45) is 4.99 Å². The van der Waals surface area contributed by atoms with E-state index in [2.05, 4.69) is 15.6 Å². The van der Waals surface area contributed by atoms with Gasteiger partial charge in [-0.25, -0.2) is 0 Å². The molecule has 30 heavy (non-hydrogen) atoms. The molecular formula is C23H21N5O2. The normalized spacial score (nSPS) is 13.7. The van der Waals surface area contributed by atoms with Gasteiger partial charge in [-0.2, -0.15) is 10.3 Å². The molecule has 7 nitrogen and oxygen atoms in total. The fourth-order valence-corrected chi connectivity index (χ4v) is 3.46. The molecule has 0 amide bonds. The van der Waals surface area contributed by atoms with Crippen molar-refractivity contribution in [3.05, 3.63) is 65.9 Å². The highest BCUT2D eigenvalue weighted by molar-refractivity contribution is 6.06. The second kappa shape index (κ2) is 8.53. The fourth-order valence-electron chi connectivity index (χ4n) is 3.46. The van der Waals surface area contributed by atoms with Gasteiger partial charge in [0.1, 0.15) is 17.3 Å². The molecule has 2 aromatic carbocycles. The number of nitriles is 1. The van der Waals surface area contributed by atoms with Crippen LogP contribution in [0.3, 0.4) is 0 Å². The molecule has 0 atom stereocenters. The van der Waals surface area contributed by atoms with Gasteiger partial charge in [0.05, 0.1) is 36.9 Å². The smallest absolute Gasteiger partial charge is 0.207 e. The van der Waals surface area contributed by atoms with Crippen LogP contribution < -0.4 is 20.1 Å². The third kappa shape index (κ3) is 3.89. The lowest BCUT2D eigenvalue weighted by molar-refractivity contribution is 0.415. The average Bonchev–Trinajstić information content (AvgIpc) is 2.79. The van der Waals surface area contributed by atoms with Gasteiger partial charge in [0.15, 0.2) is 0 Å². The van der Waals surface area contributed by atoms with Crippen LogP contribution in [0.2, 0.25) is 0 Å². The van der Waals surface area contributed by atoms with E-state index >= 15 is 0 Å². The highest BCUT2D eigenvalue weighted by Crippen LogP contribution is 2.32. The number of hydrogen-bond acceptors (Lipinski definition) is 6. The van der Waals surface area contributed by atoms with Gasteiger partial charge in [0, 0.05) is 30.3 Å². The maximum absolute atomic E-state index is 9.13. The maximum atomic E-state index is 9.13. The monoisotopic (exact) mass is 399 g/mol. The molecule has 1 aliphatic heterocycles.